The van der Waals surface area contributed by atoms with Crippen molar-refractivity contribution in [3.63, 3.8) is 0 Å². The lowest BCUT2D eigenvalue weighted by molar-refractivity contribution is 0.102. The Kier molecular flexibility index (Phi) is 4.62. The summed E-state index contributed by atoms with van der Waals surface area (Å²) in [4.78, 5) is 14.1. The number of carbonyl (C=O) groups excluding carboxylic acids is 1. The predicted molar refractivity (Wildman–Crippen MR) is 85.0 cm³/mol. The summed E-state index contributed by atoms with van der Waals surface area (Å²) in [6.07, 6.45) is 0. The monoisotopic (exact) mass is 284 g/mol. The summed E-state index contributed by atoms with van der Waals surface area (Å²) in [5.41, 5.74) is 2.39. The number of amides is 1. The van der Waals surface area contributed by atoms with Gasteiger partial charge in [-0.3, -0.25) is 4.79 Å². The molecule has 0 saturated heterocycles. The zero-order valence-electron chi connectivity index (χ0n) is 11.9. The molecule has 0 aliphatic heterocycles. The van der Waals surface area contributed by atoms with E-state index in [-0.39, 0.29) is 5.91 Å². The first kappa shape index (κ1) is 15.1. The highest BCUT2D eigenvalue weighted by molar-refractivity contribution is 6.58. The van der Waals surface area contributed by atoms with Gasteiger partial charge >= 0.3 is 7.12 Å². The molecule has 0 bridgehead atoms. The Morgan fingerprint density at radius 2 is 1.76 bits per heavy atom. The van der Waals surface area contributed by atoms with Crippen LogP contribution in [0.2, 0.25) is 0 Å². The van der Waals surface area contributed by atoms with Crippen molar-refractivity contribution in [2.24, 2.45) is 0 Å². The molecule has 0 heterocycles. The van der Waals surface area contributed by atoms with E-state index in [2.05, 4.69) is 5.32 Å². The molecule has 0 aliphatic carbocycles. The SMILES string of the molecule is CN(C)c1ccc(C(=O)Nc2cccc(B(O)O)c2)cc1. The third-order valence-electron chi connectivity index (χ3n) is 3.09. The summed E-state index contributed by atoms with van der Waals surface area (Å²) < 4.78 is 0. The predicted octanol–water partition coefficient (Wildman–Crippen LogP) is 0.685. The van der Waals surface area contributed by atoms with Crippen molar-refractivity contribution in [3.8, 4) is 0 Å². The molecule has 2 rings (SSSR count). The van der Waals surface area contributed by atoms with E-state index in [1.54, 1.807) is 30.3 Å². The van der Waals surface area contributed by atoms with Crippen LogP contribution < -0.4 is 15.7 Å². The second-order valence-electron chi connectivity index (χ2n) is 4.89. The normalized spacial score (nSPS) is 10.1. The van der Waals surface area contributed by atoms with Crippen molar-refractivity contribution in [1.82, 2.24) is 0 Å². The van der Waals surface area contributed by atoms with Crippen molar-refractivity contribution in [2.45, 2.75) is 0 Å². The molecule has 0 spiro atoms. The fourth-order valence-electron chi connectivity index (χ4n) is 1.89. The summed E-state index contributed by atoms with van der Waals surface area (Å²) in [6, 6.07) is 13.7. The van der Waals surface area contributed by atoms with Crippen LogP contribution in [0, 0.1) is 0 Å². The van der Waals surface area contributed by atoms with Crippen LogP contribution in [0.15, 0.2) is 48.5 Å². The van der Waals surface area contributed by atoms with E-state index in [0.717, 1.165) is 5.69 Å². The van der Waals surface area contributed by atoms with Gasteiger partial charge in [0, 0.05) is 31.0 Å². The highest BCUT2D eigenvalue weighted by Gasteiger charge is 2.12. The maximum atomic E-state index is 12.1. The molecule has 5 nitrogen and oxygen atoms in total. The zero-order chi connectivity index (χ0) is 15.4. The van der Waals surface area contributed by atoms with Crippen LogP contribution in [0.25, 0.3) is 0 Å². The molecule has 0 saturated carbocycles. The highest BCUT2D eigenvalue weighted by atomic mass is 16.4. The molecule has 0 aromatic heterocycles. The molecule has 0 fully saturated rings. The first-order chi connectivity index (χ1) is 9.97. The van der Waals surface area contributed by atoms with Gasteiger partial charge in [0.2, 0.25) is 0 Å². The lowest BCUT2D eigenvalue weighted by Crippen LogP contribution is -2.30. The van der Waals surface area contributed by atoms with Crippen LogP contribution in [0.3, 0.4) is 0 Å². The van der Waals surface area contributed by atoms with Gasteiger partial charge in [0.1, 0.15) is 0 Å². The summed E-state index contributed by atoms with van der Waals surface area (Å²) in [6.45, 7) is 0. The summed E-state index contributed by atoms with van der Waals surface area (Å²) >= 11 is 0. The molecular formula is C15H17BN2O3. The molecule has 0 radical (unpaired) electrons. The summed E-state index contributed by atoms with van der Waals surface area (Å²) in [7, 11) is 2.31. The third kappa shape index (κ3) is 3.84. The van der Waals surface area contributed by atoms with E-state index < -0.39 is 7.12 Å². The molecule has 108 valence electrons. The molecule has 1 amide bonds. The standard InChI is InChI=1S/C15H17BN2O3/c1-18(2)14-8-6-11(7-9-14)15(19)17-13-5-3-4-12(10-13)16(20)21/h3-10,20-21H,1-2H3,(H,17,19). The minimum atomic E-state index is -1.55. The average Bonchev–Trinajstić information content (AvgIpc) is 2.47. The number of carbonyl (C=O) groups is 1. The van der Waals surface area contributed by atoms with Crippen LogP contribution in [-0.2, 0) is 0 Å². The smallest absolute Gasteiger partial charge is 0.423 e. The molecule has 2 aromatic rings. The van der Waals surface area contributed by atoms with Gasteiger partial charge in [-0.2, -0.15) is 0 Å². The minimum absolute atomic E-state index is 0.245. The van der Waals surface area contributed by atoms with Crippen molar-refractivity contribution >= 4 is 29.9 Å². The fraction of sp³-hybridized carbons (Fsp3) is 0.133. The van der Waals surface area contributed by atoms with Gasteiger partial charge in [-0.25, -0.2) is 0 Å². The first-order valence-electron chi connectivity index (χ1n) is 6.52. The van der Waals surface area contributed by atoms with Crippen molar-refractivity contribution < 1.29 is 14.8 Å². The van der Waals surface area contributed by atoms with Gasteiger partial charge in [0.05, 0.1) is 0 Å². The Morgan fingerprint density at radius 1 is 1.10 bits per heavy atom. The van der Waals surface area contributed by atoms with E-state index >= 15 is 0 Å². The first-order valence-corrected chi connectivity index (χ1v) is 6.52. The number of hydrogen-bond acceptors (Lipinski definition) is 4. The fourth-order valence-corrected chi connectivity index (χ4v) is 1.89. The van der Waals surface area contributed by atoms with Gasteiger partial charge in [-0.15, -0.1) is 0 Å². The van der Waals surface area contributed by atoms with Crippen LogP contribution in [0.4, 0.5) is 11.4 Å². The lowest BCUT2D eigenvalue weighted by Gasteiger charge is -2.12. The van der Waals surface area contributed by atoms with Crippen molar-refractivity contribution in [1.29, 1.82) is 0 Å². The van der Waals surface area contributed by atoms with Gasteiger partial charge in [-0.05, 0) is 41.9 Å². The number of benzene rings is 2. The van der Waals surface area contributed by atoms with Crippen molar-refractivity contribution in [3.05, 3.63) is 54.1 Å². The molecule has 21 heavy (non-hydrogen) atoms. The molecule has 2 aromatic carbocycles. The topological polar surface area (TPSA) is 72.8 Å². The van der Waals surface area contributed by atoms with Crippen LogP contribution in [0.5, 0.6) is 0 Å². The van der Waals surface area contributed by atoms with Crippen molar-refractivity contribution in [2.75, 3.05) is 24.3 Å². The Morgan fingerprint density at radius 3 is 2.33 bits per heavy atom. The number of anilines is 2. The van der Waals surface area contributed by atoms with Gasteiger partial charge in [0.15, 0.2) is 0 Å². The van der Waals surface area contributed by atoms with Gasteiger partial charge < -0.3 is 20.3 Å². The number of nitrogens with one attached hydrogen (secondary N) is 1. The molecule has 6 heteroatoms. The Balaban J connectivity index is 2.12. The average molecular weight is 284 g/mol. The van der Waals surface area contributed by atoms with Crippen LogP contribution in [-0.4, -0.2) is 37.2 Å². The van der Waals surface area contributed by atoms with Crippen LogP contribution in [0.1, 0.15) is 10.4 Å². The van der Waals surface area contributed by atoms with Crippen LogP contribution >= 0.6 is 0 Å². The molecule has 0 unspecified atom stereocenters. The molecule has 0 aliphatic rings. The maximum absolute atomic E-state index is 12.1. The molecule has 0 atom stereocenters. The minimum Gasteiger partial charge on any atom is -0.423 e. The number of nitrogens with zero attached hydrogens (tertiary/aromatic N) is 1. The molecule has 3 N–H and O–H groups in total. The highest BCUT2D eigenvalue weighted by Crippen LogP contribution is 2.14. The lowest BCUT2D eigenvalue weighted by atomic mass is 9.80. The third-order valence-corrected chi connectivity index (χ3v) is 3.09. The second-order valence-corrected chi connectivity index (χ2v) is 4.89. The quantitative estimate of drug-likeness (QED) is 0.722. The number of hydrogen-bond donors (Lipinski definition) is 3. The van der Waals surface area contributed by atoms with E-state index in [0.29, 0.717) is 16.7 Å². The Bertz CT molecular complexity index is 627. The summed E-state index contributed by atoms with van der Waals surface area (Å²) in [5.74, 6) is -0.245. The van der Waals surface area contributed by atoms with E-state index in [1.165, 1.54) is 6.07 Å². The maximum Gasteiger partial charge on any atom is 0.488 e. The zero-order valence-corrected chi connectivity index (χ0v) is 11.9. The number of rotatable bonds is 4. The van der Waals surface area contributed by atoms with Gasteiger partial charge in [-0.1, -0.05) is 12.1 Å². The van der Waals surface area contributed by atoms with E-state index in [1.807, 2.05) is 31.1 Å². The van der Waals surface area contributed by atoms with E-state index in [9.17, 15) is 4.79 Å². The van der Waals surface area contributed by atoms with E-state index in [4.69, 9.17) is 10.0 Å². The Hall–Kier alpha value is -2.31. The summed E-state index contributed by atoms with van der Waals surface area (Å²) in [5, 5.41) is 21.0. The molecular weight excluding hydrogens is 267 g/mol. The largest absolute Gasteiger partial charge is 0.488 e. The second kappa shape index (κ2) is 6.43. The van der Waals surface area contributed by atoms with Gasteiger partial charge in [0.25, 0.3) is 5.91 Å². The Labute approximate surface area is 124 Å².